The maximum atomic E-state index is 13.8. The third-order valence-corrected chi connectivity index (χ3v) is 8.20. The summed E-state index contributed by atoms with van der Waals surface area (Å²) in [5.74, 6) is 0.498. The molecule has 0 aliphatic carbocycles. The van der Waals surface area contributed by atoms with E-state index in [1.165, 1.54) is 17.4 Å². The maximum absolute atomic E-state index is 13.8. The van der Waals surface area contributed by atoms with Gasteiger partial charge in [-0.3, -0.25) is 18.9 Å². The summed E-state index contributed by atoms with van der Waals surface area (Å²) in [7, 11) is 0. The van der Waals surface area contributed by atoms with Crippen molar-refractivity contribution in [1.29, 1.82) is 0 Å². The number of rotatable bonds is 7. The molecule has 0 saturated carbocycles. The topological polar surface area (TPSA) is 61.2 Å². The van der Waals surface area contributed by atoms with Gasteiger partial charge in [0.1, 0.15) is 15.8 Å². The monoisotopic (exact) mass is 533 g/mol. The standard InChI is InChI=1S/C28H31N5O2S2/c1-3-4-8-13-32-27(35)23(37-28(32)36)18-22-25(29-24-12-11-20(2)19-33(24)26(22)34)31-16-14-30(15-17-31)21-9-6-5-7-10-21/h5-7,9-12,18-19H,3-4,8,13-17H2,1-2H3. The van der Waals surface area contributed by atoms with E-state index in [-0.39, 0.29) is 11.5 Å². The molecule has 0 radical (unpaired) electrons. The molecule has 37 heavy (non-hydrogen) atoms. The minimum atomic E-state index is -0.176. The number of pyridine rings is 1. The van der Waals surface area contributed by atoms with E-state index >= 15 is 0 Å². The van der Waals surface area contributed by atoms with Gasteiger partial charge in [-0.15, -0.1) is 0 Å². The fourth-order valence-electron chi connectivity index (χ4n) is 4.77. The van der Waals surface area contributed by atoms with Crippen molar-refractivity contribution in [2.45, 2.75) is 33.1 Å². The summed E-state index contributed by atoms with van der Waals surface area (Å²) < 4.78 is 2.13. The Balaban J connectivity index is 1.50. The second kappa shape index (κ2) is 11.1. The highest BCUT2D eigenvalue weighted by molar-refractivity contribution is 8.26. The predicted octanol–water partition coefficient (Wildman–Crippen LogP) is 4.72. The average molecular weight is 534 g/mol. The number of aryl methyl sites for hydroxylation is 1. The van der Waals surface area contributed by atoms with Crippen LogP contribution < -0.4 is 15.4 Å². The third-order valence-electron chi connectivity index (χ3n) is 6.82. The summed E-state index contributed by atoms with van der Waals surface area (Å²) in [6, 6.07) is 14.2. The molecule has 2 aliphatic heterocycles. The Morgan fingerprint density at radius 3 is 2.46 bits per heavy atom. The van der Waals surface area contributed by atoms with Gasteiger partial charge in [0, 0.05) is 44.6 Å². The van der Waals surface area contributed by atoms with Gasteiger partial charge in [0.2, 0.25) is 0 Å². The minimum absolute atomic E-state index is 0.125. The second-order valence-corrected chi connectivity index (χ2v) is 11.1. The van der Waals surface area contributed by atoms with E-state index in [0.717, 1.165) is 51.0 Å². The SMILES string of the molecule is CCCCCN1C(=O)C(=Cc2c(N3CCN(c4ccccc4)CC3)nc3ccc(C)cn3c2=O)SC1=S. The number of aromatic nitrogens is 2. The Labute approximate surface area is 226 Å². The van der Waals surface area contributed by atoms with Crippen LogP contribution in [0.15, 0.2) is 58.4 Å². The molecule has 1 aromatic carbocycles. The maximum Gasteiger partial charge on any atom is 0.267 e. The van der Waals surface area contributed by atoms with Crippen molar-refractivity contribution < 1.29 is 4.79 Å². The molecule has 2 saturated heterocycles. The molecule has 1 amide bonds. The quantitative estimate of drug-likeness (QED) is 0.247. The Bertz CT molecular complexity index is 1410. The van der Waals surface area contributed by atoms with E-state index in [1.807, 2.05) is 37.3 Å². The van der Waals surface area contributed by atoms with Gasteiger partial charge < -0.3 is 9.80 Å². The first-order valence-corrected chi connectivity index (χ1v) is 14.0. The first-order valence-electron chi connectivity index (χ1n) is 12.8. The predicted molar refractivity (Wildman–Crippen MR) is 156 cm³/mol. The van der Waals surface area contributed by atoms with Crippen LogP contribution in [0.4, 0.5) is 11.5 Å². The molecular weight excluding hydrogens is 502 g/mol. The number of thiocarbonyl (C=S) groups is 1. The Kier molecular flexibility index (Phi) is 7.62. The number of carbonyl (C=O) groups is 1. The van der Waals surface area contributed by atoms with Gasteiger partial charge in [0.25, 0.3) is 11.5 Å². The van der Waals surface area contributed by atoms with Crippen molar-refractivity contribution in [3.8, 4) is 0 Å². The summed E-state index contributed by atoms with van der Waals surface area (Å²) in [5.41, 5.74) is 3.01. The van der Waals surface area contributed by atoms with Crippen molar-refractivity contribution >= 4 is 57.4 Å². The van der Waals surface area contributed by atoms with Crippen LogP contribution in [0.5, 0.6) is 0 Å². The molecule has 0 bridgehead atoms. The largest absolute Gasteiger partial charge is 0.368 e. The lowest BCUT2D eigenvalue weighted by Crippen LogP contribution is -2.47. The van der Waals surface area contributed by atoms with Crippen molar-refractivity contribution in [3.05, 3.63) is 75.0 Å². The van der Waals surface area contributed by atoms with Crippen LogP contribution in [0, 0.1) is 6.92 Å². The summed E-state index contributed by atoms with van der Waals surface area (Å²) >= 11 is 6.79. The van der Waals surface area contributed by atoms with Crippen molar-refractivity contribution in [2.75, 3.05) is 42.5 Å². The molecular formula is C28H31N5O2S2. The van der Waals surface area contributed by atoms with Crippen LogP contribution in [-0.2, 0) is 4.79 Å². The number of nitrogens with zero attached hydrogens (tertiary/aromatic N) is 5. The highest BCUT2D eigenvalue weighted by Crippen LogP contribution is 2.34. The number of carbonyl (C=O) groups excluding carboxylic acids is 1. The summed E-state index contributed by atoms with van der Waals surface area (Å²) in [6.45, 7) is 7.77. The van der Waals surface area contributed by atoms with Crippen LogP contribution in [0.1, 0.15) is 37.3 Å². The molecule has 0 spiro atoms. The van der Waals surface area contributed by atoms with E-state index in [9.17, 15) is 9.59 Å². The molecule has 4 heterocycles. The van der Waals surface area contributed by atoms with Crippen molar-refractivity contribution in [2.24, 2.45) is 0 Å². The van der Waals surface area contributed by atoms with Gasteiger partial charge in [0.05, 0.1) is 10.5 Å². The fraction of sp³-hybridized carbons (Fsp3) is 0.357. The van der Waals surface area contributed by atoms with Crippen LogP contribution in [0.2, 0.25) is 0 Å². The zero-order valence-electron chi connectivity index (χ0n) is 21.2. The number of hydrogen-bond acceptors (Lipinski definition) is 7. The van der Waals surface area contributed by atoms with E-state index < -0.39 is 0 Å². The van der Waals surface area contributed by atoms with Gasteiger partial charge >= 0.3 is 0 Å². The first kappa shape index (κ1) is 25.5. The number of piperazine rings is 1. The Morgan fingerprint density at radius 2 is 1.73 bits per heavy atom. The van der Waals surface area contributed by atoms with E-state index in [2.05, 4.69) is 28.9 Å². The van der Waals surface area contributed by atoms with Crippen LogP contribution in [0.3, 0.4) is 0 Å². The zero-order valence-corrected chi connectivity index (χ0v) is 22.9. The third kappa shape index (κ3) is 5.29. The molecule has 2 aromatic heterocycles. The second-order valence-electron chi connectivity index (χ2n) is 9.44. The van der Waals surface area contributed by atoms with E-state index in [4.69, 9.17) is 17.2 Å². The summed E-state index contributed by atoms with van der Waals surface area (Å²) in [4.78, 5) is 38.6. The molecule has 0 unspecified atom stereocenters. The van der Waals surface area contributed by atoms with Crippen LogP contribution in [-0.4, -0.2) is 57.2 Å². The van der Waals surface area contributed by atoms with Crippen LogP contribution in [0.25, 0.3) is 11.7 Å². The number of fused-ring (bicyclic) bond motifs is 1. The molecule has 5 rings (SSSR count). The molecule has 9 heteroatoms. The minimum Gasteiger partial charge on any atom is -0.368 e. The number of thioether (sulfide) groups is 1. The van der Waals surface area contributed by atoms with Gasteiger partial charge in [-0.25, -0.2) is 4.98 Å². The molecule has 0 atom stereocenters. The smallest absolute Gasteiger partial charge is 0.267 e. The Hall–Kier alpha value is -3.17. The lowest BCUT2D eigenvalue weighted by atomic mass is 10.2. The number of benzene rings is 1. The first-order chi connectivity index (χ1) is 18.0. The Morgan fingerprint density at radius 1 is 1.00 bits per heavy atom. The number of amides is 1. The molecule has 0 N–H and O–H groups in total. The van der Waals surface area contributed by atoms with Crippen molar-refractivity contribution in [1.82, 2.24) is 14.3 Å². The lowest BCUT2D eigenvalue weighted by molar-refractivity contribution is -0.122. The molecule has 2 aliphatic rings. The van der Waals surface area contributed by atoms with Crippen LogP contribution >= 0.6 is 24.0 Å². The molecule has 192 valence electrons. The van der Waals surface area contributed by atoms with Crippen molar-refractivity contribution in [3.63, 3.8) is 0 Å². The number of anilines is 2. The molecule has 3 aromatic rings. The van der Waals surface area contributed by atoms with Gasteiger partial charge in [-0.1, -0.05) is 68.0 Å². The zero-order chi connectivity index (χ0) is 25.9. The molecule has 7 nitrogen and oxygen atoms in total. The van der Waals surface area contributed by atoms with Gasteiger partial charge in [0.15, 0.2) is 0 Å². The number of para-hydroxylation sites is 1. The number of hydrogen-bond donors (Lipinski definition) is 0. The highest BCUT2D eigenvalue weighted by atomic mass is 32.2. The molecule has 2 fully saturated rings. The highest BCUT2D eigenvalue weighted by Gasteiger charge is 2.33. The van der Waals surface area contributed by atoms with E-state index in [1.54, 1.807) is 21.6 Å². The summed E-state index contributed by atoms with van der Waals surface area (Å²) in [6.07, 6.45) is 6.54. The normalized spacial score (nSPS) is 17.5. The fourth-order valence-corrected chi connectivity index (χ4v) is 6.06. The lowest BCUT2D eigenvalue weighted by Gasteiger charge is -2.37. The summed E-state index contributed by atoms with van der Waals surface area (Å²) in [5, 5.41) is 0. The van der Waals surface area contributed by atoms with Gasteiger partial charge in [-0.05, 0) is 43.2 Å². The number of unbranched alkanes of at least 4 members (excludes halogenated alkanes) is 2. The van der Waals surface area contributed by atoms with E-state index in [0.29, 0.717) is 32.8 Å². The van der Waals surface area contributed by atoms with Gasteiger partial charge in [-0.2, -0.15) is 0 Å². The average Bonchev–Trinajstić information content (AvgIpc) is 3.18.